The van der Waals surface area contributed by atoms with Crippen molar-refractivity contribution in [2.24, 2.45) is 5.10 Å². The lowest BCUT2D eigenvalue weighted by atomic mass is 10.1. The number of hydrazone groups is 1. The van der Waals surface area contributed by atoms with Gasteiger partial charge in [0.1, 0.15) is 0 Å². The van der Waals surface area contributed by atoms with Gasteiger partial charge in [0.05, 0.1) is 34.7 Å². The zero-order valence-electron chi connectivity index (χ0n) is 15.8. The van der Waals surface area contributed by atoms with Crippen molar-refractivity contribution in [2.75, 3.05) is 28.4 Å². The van der Waals surface area contributed by atoms with Crippen molar-refractivity contribution in [3.05, 3.63) is 41.0 Å². The highest BCUT2D eigenvalue weighted by atomic mass is 16.5. The van der Waals surface area contributed by atoms with Crippen molar-refractivity contribution in [1.82, 2.24) is 5.43 Å². The zero-order chi connectivity index (χ0) is 20.0. The van der Waals surface area contributed by atoms with E-state index in [-0.39, 0.29) is 5.75 Å². The zero-order valence-corrected chi connectivity index (χ0v) is 15.8. The minimum absolute atomic E-state index is 0.0658. The molecule has 0 aliphatic rings. The van der Waals surface area contributed by atoms with Gasteiger partial charge in [-0.15, -0.1) is 0 Å². The highest BCUT2D eigenvalue weighted by Crippen LogP contribution is 2.38. The predicted molar refractivity (Wildman–Crippen MR) is 101 cm³/mol. The Morgan fingerprint density at radius 3 is 2.07 bits per heavy atom. The van der Waals surface area contributed by atoms with Gasteiger partial charge in [0.15, 0.2) is 23.0 Å². The Morgan fingerprint density at radius 1 is 0.963 bits per heavy atom. The number of hydrogen-bond donors (Lipinski definition) is 2. The Labute approximate surface area is 157 Å². The van der Waals surface area contributed by atoms with Gasteiger partial charge in [-0.25, -0.2) is 5.43 Å². The largest absolute Gasteiger partial charge is 0.504 e. The number of phenols is 1. The molecule has 2 aromatic rings. The lowest BCUT2D eigenvalue weighted by Crippen LogP contribution is -2.18. The second-order valence-corrected chi connectivity index (χ2v) is 5.50. The van der Waals surface area contributed by atoms with Crippen LogP contribution in [0, 0.1) is 6.92 Å². The number of aryl methyl sites for hydroxylation is 1. The third-order valence-corrected chi connectivity index (χ3v) is 3.81. The number of hydrogen-bond acceptors (Lipinski definition) is 7. The van der Waals surface area contributed by atoms with E-state index in [0.29, 0.717) is 39.7 Å². The normalized spacial score (nSPS) is 10.6. The van der Waals surface area contributed by atoms with Crippen molar-refractivity contribution in [3.63, 3.8) is 0 Å². The molecule has 0 aromatic heterocycles. The fourth-order valence-corrected chi connectivity index (χ4v) is 2.45. The first-order valence-electron chi connectivity index (χ1n) is 7.96. The summed E-state index contributed by atoms with van der Waals surface area (Å²) in [6.07, 6.45) is 1.45. The molecule has 0 unspecified atom stereocenters. The first kappa shape index (κ1) is 19.9. The summed E-state index contributed by atoms with van der Waals surface area (Å²) in [4.78, 5) is 12.4. The number of nitrogens with one attached hydrogen (secondary N) is 1. The molecule has 0 saturated heterocycles. The number of nitrogens with zero attached hydrogens (tertiary/aromatic N) is 1. The molecule has 144 valence electrons. The molecular formula is C19H22N2O6. The third-order valence-electron chi connectivity index (χ3n) is 3.81. The van der Waals surface area contributed by atoms with Gasteiger partial charge in [0.25, 0.3) is 5.91 Å². The number of methoxy groups -OCH3 is 4. The Kier molecular flexibility index (Phi) is 6.48. The van der Waals surface area contributed by atoms with Crippen LogP contribution in [0.5, 0.6) is 28.7 Å². The molecule has 27 heavy (non-hydrogen) atoms. The maximum absolute atomic E-state index is 12.4. The summed E-state index contributed by atoms with van der Waals surface area (Å²) in [5.74, 6) is 1.07. The molecule has 0 bridgehead atoms. The lowest BCUT2D eigenvalue weighted by Gasteiger charge is -2.13. The topological polar surface area (TPSA) is 98.6 Å². The summed E-state index contributed by atoms with van der Waals surface area (Å²) < 4.78 is 20.8. The Balaban J connectivity index is 2.21. The van der Waals surface area contributed by atoms with Gasteiger partial charge in [0.2, 0.25) is 5.75 Å². The standard InChI is InChI=1S/C19H22N2O6/c1-11-6-12(7-14(24-2)17(11)22)10-20-21-19(23)13-8-15(25-3)18(27-5)16(9-13)26-4/h6-10,22H,1-5H3,(H,21,23)/b20-10+. The molecule has 0 radical (unpaired) electrons. The fourth-order valence-electron chi connectivity index (χ4n) is 2.45. The number of carbonyl (C=O) groups is 1. The molecule has 0 spiro atoms. The monoisotopic (exact) mass is 374 g/mol. The first-order chi connectivity index (χ1) is 12.9. The molecule has 0 aliphatic heterocycles. The van der Waals surface area contributed by atoms with Crippen LogP contribution in [0.1, 0.15) is 21.5 Å². The number of phenolic OH excluding ortho intramolecular Hbond substituents is 1. The summed E-state index contributed by atoms with van der Waals surface area (Å²) in [7, 11) is 5.88. The molecule has 8 heteroatoms. The van der Waals surface area contributed by atoms with E-state index in [1.807, 2.05) is 0 Å². The molecule has 2 rings (SSSR count). The van der Waals surface area contributed by atoms with Crippen molar-refractivity contribution in [3.8, 4) is 28.7 Å². The fraction of sp³-hybridized carbons (Fsp3) is 0.263. The molecule has 0 atom stereocenters. The Morgan fingerprint density at radius 2 is 1.56 bits per heavy atom. The molecule has 0 fully saturated rings. The number of amides is 1. The summed E-state index contributed by atoms with van der Waals surface area (Å²) in [6.45, 7) is 1.74. The van der Waals surface area contributed by atoms with Gasteiger partial charge >= 0.3 is 0 Å². The van der Waals surface area contributed by atoms with E-state index in [2.05, 4.69) is 10.5 Å². The van der Waals surface area contributed by atoms with E-state index >= 15 is 0 Å². The van der Waals surface area contributed by atoms with E-state index in [1.165, 1.54) is 46.8 Å². The average Bonchev–Trinajstić information content (AvgIpc) is 2.68. The van der Waals surface area contributed by atoms with Crippen LogP contribution in [-0.2, 0) is 0 Å². The molecule has 0 saturated carbocycles. The number of aromatic hydroxyl groups is 1. The van der Waals surface area contributed by atoms with Crippen molar-refractivity contribution >= 4 is 12.1 Å². The van der Waals surface area contributed by atoms with Gasteiger partial charge < -0.3 is 24.1 Å². The van der Waals surface area contributed by atoms with E-state index in [9.17, 15) is 9.90 Å². The van der Waals surface area contributed by atoms with Gasteiger partial charge in [-0.2, -0.15) is 5.10 Å². The van der Waals surface area contributed by atoms with Crippen LogP contribution < -0.4 is 24.4 Å². The summed E-state index contributed by atoms with van der Waals surface area (Å²) in [5.41, 5.74) is 4.02. The molecule has 0 aliphatic carbocycles. The average molecular weight is 374 g/mol. The molecule has 2 N–H and O–H groups in total. The quantitative estimate of drug-likeness (QED) is 0.571. The summed E-state index contributed by atoms with van der Waals surface area (Å²) in [5, 5.41) is 13.8. The van der Waals surface area contributed by atoms with Crippen LogP contribution in [0.2, 0.25) is 0 Å². The van der Waals surface area contributed by atoms with Crippen molar-refractivity contribution in [2.45, 2.75) is 6.92 Å². The summed E-state index contributed by atoms with van der Waals surface area (Å²) in [6, 6.07) is 6.38. The highest BCUT2D eigenvalue weighted by molar-refractivity contribution is 5.96. The maximum atomic E-state index is 12.4. The van der Waals surface area contributed by atoms with Crippen molar-refractivity contribution < 1.29 is 28.8 Å². The summed E-state index contributed by atoms with van der Waals surface area (Å²) >= 11 is 0. The van der Waals surface area contributed by atoms with Gasteiger partial charge in [-0.05, 0) is 42.3 Å². The van der Waals surface area contributed by atoms with Crippen LogP contribution in [0.4, 0.5) is 0 Å². The molecule has 0 heterocycles. The minimum atomic E-state index is -0.451. The van der Waals surface area contributed by atoms with E-state index in [1.54, 1.807) is 19.1 Å². The van der Waals surface area contributed by atoms with Gasteiger partial charge in [-0.3, -0.25) is 4.79 Å². The highest BCUT2D eigenvalue weighted by Gasteiger charge is 2.16. The number of benzene rings is 2. The van der Waals surface area contributed by atoms with Crippen LogP contribution in [0.3, 0.4) is 0 Å². The van der Waals surface area contributed by atoms with Crippen LogP contribution >= 0.6 is 0 Å². The first-order valence-corrected chi connectivity index (χ1v) is 7.96. The number of ether oxygens (including phenoxy) is 4. The predicted octanol–water partition coefficient (Wildman–Crippen LogP) is 2.50. The maximum Gasteiger partial charge on any atom is 0.271 e. The second kappa shape index (κ2) is 8.79. The van der Waals surface area contributed by atoms with E-state index in [4.69, 9.17) is 18.9 Å². The third kappa shape index (κ3) is 4.41. The van der Waals surface area contributed by atoms with Gasteiger partial charge in [0, 0.05) is 5.56 Å². The smallest absolute Gasteiger partial charge is 0.271 e. The van der Waals surface area contributed by atoms with Crippen LogP contribution in [0.15, 0.2) is 29.4 Å². The molecular weight excluding hydrogens is 352 g/mol. The lowest BCUT2D eigenvalue weighted by molar-refractivity contribution is 0.0954. The van der Waals surface area contributed by atoms with Crippen molar-refractivity contribution in [1.29, 1.82) is 0 Å². The Hall–Kier alpha value is -3.42. The number of carbonyl (C=O) groups excluding carboxylic acids is 1. The molecule has 1 amide bonds. The van der Waals surface area contributed by atoms with Crippen LogP contribution in [0.25, 0.3) is 0 Å². The molecule has 2 aromatic carbocycles. The SMILES string of the molecule is COc1cc(/C=N/NC(=O)c2cc(OC)c(OC)c(OC)c2)cc(C)c1O. The Bertz CT molecular complexity index is 839. The van der Waals surface area contributed by atoms with E-state index < -0.39 is 5.91 Å². The molecule has 8 nitrogen and oxygen atoms in total. The minimum Gasteiger partial charge on any atom is -0.504 e. The van der Waals surface area contributed by atoms with Crippen LogP contribution in [-0.4, -0.2) is 45.7 Å². The van der Waals surface area contributed by atoms with Gasteiger partial charge in [-0.1, -0.05) is 0 Å². The number of rotatable bonds is 7. The second-order valence-electron chi connectivity index (χ2n) is 5.50. The van der Waals surface area contributed by atoms with E-state index in [0.717, 1.165) is 0 Å².